The smallest absolute Gasteiger partial charge is 0.270 e. The van der Waals surface area contributed by atoms with Crippen molar-refractivity contribution in [3.05, 3.63) is 39.9 Å². The van der Waals surface area contributed by atoms with Gasteiger partial charge >= 0.3 is 0 Å². The fourth-order valence-corrected chi connectivity index (χ4v) is 4.53. The molecule has 1 N–H and O–H groups in total. The van der Waals surface area contributed by atoms with Gasteiger partial charge in [-0.1, -0.05) is 12.5 Å². The first-order chi connectivity index (χ1) is 11.6. The summed E-state index contributed by atoms with van der Waals surface area (Å²) in [4.78, 5) is 25.6. The van der Waals surface area contributed by atoms with Crippen molar-refractivity contribution < 1.29 is 9.72 Å². The summed E-state index contributed by atoms with van der Waals surface area (Å²) >= 11 is 0. The molecule has 1 aromatic rings. The Morgan fingerprint density at radius 1 is 1.12 bits per heavy atom. The van der Waals surface area contributed by atoms with Crippen molar-refractivity contribution in [2.75, 3.05) is 0 Å². The molecular formula is C18H23N3O3. The van der Waals surface area contributed by atoms with E-state index in [4.69, 9.17) is 0 Å². The summed E-state index contributed by atoms with van der Waals surface area (Å²) in [6, 6.07) is 8.14. The number of amides is 1. The van der Waals surface area contributed by atoms with Crippen LogP contribution >= 0.6 is 0 Å². The molecule has 3 fully saturated rings. The largest absolute Gasteiger partial charge is 0.349 e. The minimum absolute atomic E-state index is 0.0388. The van der Waals surface area contributed by atoms with Gasteiger partial charge in [0.1, 0.15) is 0 Å². The minimum atomic E-state index is -0.463. The van der Waals surface area contributed by atoms with Crippen molar-refractivity contribution in [2.24, 2.45) is 0 Å². The van der Waals surface area contributed by atoms with E-state index in [2.05, 4.69) is 10.2 Å². The van der Waals surface area contributed by atoms with E-state index in [0.29, 0.717) is 17.6 Å². The number of rotatable bonds is 4. The predicted octanol–water partition coefficient (Wildman–Crippen LogP) is 2.87. The first-order valence-corrected chi connectivity index (χ1v) is 8.94. The van der Waals surface area contributed by atoms with E-state index < -0.39 is 4.92 Å². The molecule has 2 bridgehead atoms. The molecule has 6 nitrogen and oxygen atoms in total. The summed E-state index contributed by atoms with van der Waals surface area (Å²) in [6.07, 6.45) is 8.44. The van der Waals surface area contributed by atoms with Gasteiger partial charge in [0.05, 0.1) is 4.92 Å². The topological polar surface area (TPSA) is 75.5 Å². The fourth-order valence-electron chi connectivity index (χ4n) is 4.53. The fraction of sp³-hybridized carbons (Fsp3) is 0.611. The Morgan fingerprint density at radius 3 is 2.46 bits per heavy atom. The lowest BCUT2D eigenvalue weighted by Crippen LogP contribution is -2.57. The lowest BCUT2D eigenvalue weighted by Gasteiger charge is -2.49. The molecule has 2 aliphatic heterocycles. The third-order valence-corrected chi connectivity index (χ3v) is 5.65. The standard InChI is InChI=1S/C18H23N3O3/c22-18(12-3-1-6-17(9-12)21(23)24)19-13-10-15-4-2-5-16(11-13)20(15)14-7-8-14/h1,3,6,9,13-16H,2,4-5,7-8,10-11H2,(H,19,22). The highest BCUT2D eigenvalue weighted by atomic mass is 16.6. The van der Waals surface area contributed by atoms with E-state index >= 15 is 0 Å². The van der Waals surface area contributed by atoms with Gasteiger partial charge in [-0.2, -0.15) is 0 Å². The number of piperidine rings is 2. The van der Waals surface area contributed by atoms with Crippen LogP contribution in [-0.4, -0.2) is 39.9 Å². The minimum Gasteiger partial charge on any atom is -0.349 e. The Balaban J connectivity index is 1.43. The van der Waals surface area contributed by atoms with E-state index in [9.17, 15) is 14.9 Å². The number of benzene rings is 1. The van der Waals surface area contributed by atoms with Crippen molar-refractivity contribution >= 4 is 11.6 Å². The number of nitro benzene ring substituents is 1. The van der Waals surface area contributed by atoms with Gasteiger partial charge in [-0.15, -0.1) is 0 Å². The van der Waals surface area contributed by atoms with Crippen LogP contribution in [0.1, 0.15) is 55.3 Å². The second-order valence-electron chi connectivity index (χ2n) is 7.37. The summed E-state index contributed by atoms with van der Waals surface area (Å²) in [5.41, 5.74) is 0.335. The average Bonchev–Trinajstić information content (AvgIpc) is 3.39. The highest BCUT2D eigenvalue weighted by molar-refractivity contribution is 5.95. The number of carbonyl (C=O) groups excluding carboxylic acids is 1. The van der Waals surface area contributed by atoms with Gasteiger partial charge in [-0.25, -0.2) is 0 Å². The highest BCUT2D eigenvalue weighted by Crippen LogP contribution is 2.41. The van der Waals surface area contributed by atoms with Crippen LogP contribution in [0.2, 0.25) is 0 Å². The van der Waals surface area contributed by atoms with Gasteiger partial charge in [0.2, 0.25) is 0 Å². The Kier molecular flexibility index (Phi) is 4.00. The predicted molar refractivity (Wildman–Crippen MR) is 89.9 cm³/mol. The second-order valence-corrected chi connectivity index (χ2v) is 7.37. The molecule has 2 atom stereocenters. The lowest BCUT2D eigenvalue weighted by atomic mass is 9.81. The Morgan fingerprint density at radius 2 is 1.83 bits per heavy atom. The van der Waals surface area contributed by atoms with Gasteiger partial charge in [-0.3, -0.25) is 19.8 Å². The van der Waals surface area contributed by atoms with Crippen LogP contribution in [0, 0.1) is 10.1 Å². The van der Waals surface area contributed by atoms with E-state index in [0.717, 1.165) is 18.9 Å². The Labute approximate surface area is 141 Å². The maximum Gasteiger partial charge on any atom is 0.270 e. The molecule has 4 rings (SSSR count). The molecule has 1 amide bonds. The van der Waals surface area contributed by atoms with Crippen LogP contribution in [0.5, 0.6) is 0 Å². The lowest BCUT2D eigenvalue weighted by molar-refractivity contribution is -0.384. The van der Waals surface area contributed by atoms with Gasteiger partial charge in [0, 0.05) is 41.9 Å². The molecule has 1 aliphatic carbocycles. The van der Waals surface area contributed by atoms with E-state index in [1.807, 2.05) is 0 Å². The molecule has 2 unspecified atom stereocenters. The van der Waals surface area contributed by atoms with Gasteiger partial charge in [0.25, 0.3) is 11.6 Å². The molecule has 128 valence electrons. The number of non-ortho nitro benzene ring substituents is 1. The summed E-state index contributed by atoms with van der Waals surface area (Å²) < 4.78 is 0. The SMILES string of the molecule is O=C(NC1CC2CCCC(C1)N2C1CC1)c1cccc([N+](=O)[O-])c1. The third-order valence-electron chi connectivity index (χ3n) is 5.65. The summed E-state index contributed by atoms with van der Waals surface area (Å²) in [5, 5.41) is 14.0. The van der Waals surface area contributed by atoms with Crippen molar-refractivity contribution in [1.82, 2.24) is 10.2 Å². The zero-order valence-electron chi connectivity index (χ0n) is 13.7. The van der Waals surface area contributed by atoms with Gasteiger partial charge in [-0.05, 0) is 44.6 Å². The van der Waals surface area contributed by atoms with Crippen LogP contribution in [0.25, 0.3) is 0 Å². The highest BCUT2D eigenvalue weighted by Gasteiger charge is 2.45. The van der Waals surface area contributed by atoms with Crippen molar-refractivity contribution in [3.63, 3.8) is 0 Å². The van der Waals surface area contributed by atoms with Crippen LogP contribution in [-0.2, 0) is 0 Å². The maximum absolute atomic E-state index is 12.5. The maximum atomic E-state index is 12.5. The molecule has 0 aromatic heterocycles. The zero-order valence-corrected chi connectivity index (χ0v) is 13.7. The number of hydrogen-bond acceptors (Lipinski definition) is 4. The third kappa shape index (κ3) is 3.02. The van der Waals surface area contributed by atoms with Crippen LogP contribution < -0.4 is 5.32 Å². The van der Waals surface area contributed by atoms with E-state index in [-0.39, 0.29) is 17.6 Å². The second kappa shape index (κ2) is 6.16. The number of carbonyl (C=O) groups is 1. The number of hydrogen-bond donors (Lipinski definition) is 1. The van der Waals surface area contributed by atoms with Crippen molar-refractivity contribution in [2.45, 2.75) is 69.1 Å². The number of fused-ring (bicyclic) bond motifs is 2. The molecule has 6 heteroatoms. The number of nitrogens with zero attached hydrogens (tertiary/aromatic N) is 2. The molecule has 3 aliphatic rings. The molecule has 0 radical (unpaired) electrons. The van der Waals surface area contributed by atoms with Gasteiger partial charge in [0.15, 0.2) is 0 Å². The number of nitro groups is 1. The normalized spacial score (nSPS) is 29.9. The Bertz CT molecular complexity index is 645. The first kappa shape index (κ1) is 15.6. The summed E-state index contributed by atoms with van der Waals surface area (Å²) in [5.74, 6) is -0.193. The van der Waals surface area contributed by atoms with Gasteiger partial charge < -0.3 is 5.32 Å². The molecular weight excluding hydrogens is 306 g/mol. The Hall–Kier alpha value is -1.95. The monoisotopic (exact) mass is 329 g/mol. The van der Waals surface area contributed by atoms with E-state index in [1.165, 1.54) is 44.2 Å². The molecule has 0 spiro atoms. The zero-order chi connectivity index (χ0) is 16.7. The number of nitrogens with one attached hydrogen (secondary N) is 1. The molecule has 1 aromatic carbocycles. The molecule has 24 heavy (non-hydrogen) atoms. The van der Waals surface area contributed by atoms with E-state index in [1.54, 1.807) is 12.1 Å². The molecule has 1 saturated carbocycles. The van der Waals surface area contributed by atoms with Crippen LogP contribution in [0.15, 0.2) is 24.3 Å². The van der Waals surface area contributed by atoms with Crippen LogP contribution in [0.4, 0.5) is 5.69 Å². The quantitative estimate of drug-likeness (QED) is 0.681. The van der Waals surface area contributed by atoms with Crippen LogP contribution in [0.3, 0.4) is 0 Å². The van der Waals surface area contributed by atoms with Crippen molar-refractivity contribution in [1.29, 1.82) is 0 Å². The first-order valence-electron chi connectivity index (χ1n) is 8.94. The molecule has 2 saturated heterocycles. The summed E-state index contributed by atoms with van der Waals surface area (Å²) in [6.45, 7) is 0. The molecule has 2 heterocycles. The summed E-state index contributed by atoms with van der Waals surface area (Å²) in [7, 11) is 0. The average molecular weight is 329 g/mol. The van der Waals surface area contributed by atoms with Crippen molar-refractivity contribution in [3.8, 4) is 0 Å².